The molecular formula is C22H21ClFN5O10. The van der Waals surface area contributed by atoms with E-state index in [4.69, 9.17) is 36.7 Å². The lowest BCUT2D eigenvalue weighted by Gasteiger charge is -2.29. The van der Waals surface area contributed by atoms with Crippen LogP contribution in [0.4, 0.5) is 10.2 Å². The van der Waals surface area contributed by atoms with Crippen molar-refractivity contribution in [2.24, 2.45) is 0 Å². The van der Waals surface area contributed by atoms with Crippen LogP contribution < -0.4 is 10.5 Å². The van der Waals surface area contributed by atoms with Gasteiger partial charge in [-0.15, -0.1) is 0 Å². The second-order valence-corrected chi connectivity index (χ2v) is 8.87. The van der Waals surface area contributed by atoms with Crippen LogP contribution in [0.15, 0.2) is 30.6 Å². The summed E-state index contributed by atoms with van der Waals surface area (Å²) in [5, 5.41) is 38.7. The smallest absolute Gasteiger partial charge is 0.348 e. The third-order valence-electron chi connectivity index (χ3n) is 6.03. The first kappa shape index (κ1) is 27.9. The van der Waals surface area contributed by atoms with Gasteiger partial charge >= 0.3 is 17.9 Å². The van der Waals surface area contributed by atoms with Gasteiger partial charge in [0, 0.05) is 6.42 Å². The molecule has 1 saturated heterocycles. The third kappa shape index (κ3) is 5.26. The van der Waals surface area contributed by atoms with Crippen molar-refractivity contribution in [3.8, 4) is 5.75 Å². The van der Waals surface area contributed by atoms with Crippen molar-refractivity contribution >= 4 is 46.5 Å². The number of benzene rings is 1. The van der Waals surface area contributed by atoms with E-state index in [0.29, 0.717) is 0 Å². The highest BCUT2D eigenvalue weighted by atomic mass is 35.5. The molecule has 0 saturated carbocycles. The Kier molecular flexibility index (Phi) is 7.56. The number of rotatable bonds is 11. The number of fused-ring (bicyclic) bond motifs is 1. The number of aromatic nitrogens is 4. The van der Waals surface area contributed by atoms with Crippen molar-refractivity contribution in [2.75, 3.05) is 25.6 Å². The number of nitrogen functional groups attached to an aromatic ring is 1. The summed E-state index contributed by atoms with van der Waals surface area (Å²) in [5.74, 6) is -7.58. The number of aliphatic hydroxyl groups is 1. The highest BCUT2D eigenvalue weighted by Gasteiger charge is 2.55. The van der Waals surface area contributed by atoms with Crippen LogP contribution in [0.3, 0.4) is 0 Å². The highest BCUT2D eigenvalue weighted by molar-refractivity contribution is 6.28. The summed E-state index contributed by atoms with van der Waals surface area (Å²) in [6, 6.07) is 5.31. The van der Waals surface area contributed by atoms with Gasteiger partial charge in [-0.05, 0) is 29.3 Å². The normalized spacial score (nSPS) is 21.2. The Labute approximate surface area is 222 Å². The van der Waals surface area contributed by atoms with Crippen LogP contribution in [-0.4, -0.2) is 95.5 Å². The molecule has 1 aromatic carbocycles. The monoisotopic (exact) mass is 569 g/mol. The minimum atomic E-state index is -2.84. The standard InChI is InChI=1S/C22H21ClFN5O10/c23-20-27-16(25)14-17(28-20)29(9-26-14)22(24)8-38-12(15(22)32)6-39-21(18(33)34,19(35)36)5-10-1-3-11(4-2-10)37-7-13(30)31/h1-4,9,12,15,32H,5-8H2,(H,30,31)(H,33,34)(H,35,36)(H2,25,27,28)/t12-,15-,22-/m1/s1. The molecule has 6 N–H and O–H groups in total. The SMILES string of the molecule is Nc1nc(Cl)nc2c1ncn2[C@]1(F)CO[C@H](COC(Cc2ccc(OCC(=O)O)cc2)(C(=O)O)C(=O)O)[C@H]1O. The summed E-state index contributed by atoms with van der Waals surface area (Å²) in [6.07, 6.45) is -3.14. The molecule has 17 heteroatoms. The minimum absolute atomic E-state index is 0.0125. The van der Waals surface area contributed by atoms with E-state index in [-0.39, 0.29) is 33.6 Å². The largest absolute Gasteiger partial charge is 0.482 e. The molecular weight excluding hydrogens is 549 g/mol. The number of anilines is 1. The molecule has 15 nitrogen and oxygen atoms in total. The van der Waals surface area contributed by atoms with Crippen LogP contribution in [0.5, 0.6) is 5.75 Å². The average Bonchev–Trinajstić information content (AvgIpc) is 3.43. The van der Waals surface area contributed by atoms with Gasteiger partial charge in [-0.2, -0.15) is 9.97 Å². The molecule has 4 rings (SSSR count). The Morgan fingerprint density at radius 2 is 1.87 bits per heavy atom. The van der Waals surface area contributed by atoms with Crippen molar-refractivity contribution < 1.29 is 53.4 Å². The molecule has 3 heterocycles. The van der Waals surface area contributed by atoms with Crippen LogP contribution in [0.2, 0.25) is 5.28 Å². The molecule has 3 aromatic rings. The summed E-state index contributed by atoms with van der Waals surface area (Å²) >= 11 is 5.81. The fourth-order valence-corrected chi connectivity index (χ4v) is 4.15. The first-order valence-corrected chi connectivity index (χ1v) is 11.4. The number of nitrogens with zero attached hydrogens (tertiary/aromatic N) is 4. The number of carboxylic acids is 3. The van der Waals surface area contributed by atoms with E-state index in [1.807, 2.05) is 0 Å². The summed E-state index contributed by atoms with van der Waals surface area (Å²) in [7, 11) is 0. The number of hydrogen-bond acceptors (Lipinski definition) is 11. The molecule has 1 aliphatic rings. The number of carbonyl (C=O) groups is 3. The number of aliphatic hydroxyl groups excluding tert-OH is 1. The van der Waals surface area contributed by atoms with E-state index in [0.717, 1.165) is 10.9 Å². The van der Waals surface area contributed by atoms with Gasteiger partial charge in [-0.25, -0.2) is 23.8 Å². The molecule has 39 heavy (non-hydrogen) atoms. The third-order valence-corrected chi connectivity index (χ3v) is 6.19. The Bertz CT molecular complexity index is 1410. The molecule has 1 fully saturated rings. The second-order valence-electron chi connectivity index (χ2n) is 8.53. The first-order chi connectivity index (χ1) is 18.4. The zero-order valence-corrected chi connectivity index (χ0v) is 20.5. The zero-order chi connectivity index (χ0) is 28.5. The van der Waals surface area contributed by atoms with Crippen LogP contribution in [0.25, 0.3) is 11.2 Å². The van der Waals surface area contributed by atoms with Crippen LogP contribution in [-0.2, 0) is 36.1 Å². The Balaban J connectivity index is 1.53. The molecule has 0 unspecified atom stereocenters. The quantitative estimate of drug-likeness (QED) is 0.152. The van der Waals surface area contributed by atoms with Gasteiger partial charge in [-0.1, -0.05) is 12.1 Å². The van der Waals surface area contributed by atoms with E-state index < -0.39 is 67.8 Å². The predicted octanol–water partition coefficient (Wildman–Crippen LogP) is 0.0746. The molecule has 0 amide bonds. The van der Waals surface area contributed by atoms with Gasteiger partial charge in [0.25, 0.3) is 5.60 Å². The summed E-state index contributed by atoms with van der Waals surface area (Å²) in [5.41, 5.74) is 2.96. The maximum atomic E-state index is 16.0. The topological polar surface area (TPSA) is 229 Å². The molecule has 3 atom stereocenters. The predicted molar refractivity (Wildman–Crippen MR) is 127 cm³/mol. The van der Waals surface area contributed by atoms with E-state index in [2.05, 4.69) is 15.0 Å². The van der Waals surface area contributed by atoms with E-state index >= 15 is 4.39 Å². The lowest BCUT2D eigenvalue weighted by molar-refractivity contribution is -0.188. The summed E-state index contributed by atoms with van der Waals surface area (Å²) in [6.45, 7) is -2.19. The van der Waals surface area contributed by atoms with Crippen LogP contribution >= 0.6 is 11.6 Å². The number of halogens is 2. The number of nitrogens with two attached hydrogens (primary N) is 1. The van der Waals surface area contributed by atoms with Gasteiger partial charge in [0.2, 0.25) is 11.1 Å². The molecule has 208 valence electrons. The summed E-state index contributed by atoms with van der Waals surface area (Å²) < 4.78 is 32.5. The molecule has 0 bridgehead atoms. The Morgan fingerprint density at radius 3 is 2.49 bits per heavy atom. The highest BCUT2D eigenvalue weighted by Crippen LogP contribution is 2.37. The molecule has 0 aliphatic carbocycles. The Morgan fingerprint density at radius 1 is 1.21 bits per heavy atom. The number of alkyl halides is 1. The maximum absolute atomic E-state index is 16.0. The number of hydrogen-bond donors (Lipinski definition) is 5. The Hall–Kier alpha value is -4.12. The van der Waals surface area contributed by atoms with E-state index in [9.17, 15) is 29.7 Å². The minimum Gasteiger partial charge on any atom is -0.482 e. The average molecular weight is 570 g/mol. The van der Waals surface area contributed by atoms with Crippen LogP contribution in [0.1, 0.15) is 5.56 Å². The fourth-order valence-electron chi connectivity index (χ4n) is 3.98. The van der Waals surface area contributed by atoms with Crippen molar-refractivity contribution in [1.82, 2.24) is 19.5 Å². The lowest BCUT2D eigenvalue weighted by Crippen LogP contribution is -2.53. The molecule has 1 aliphatic heterocycles. The van der Waals surface area contributed by atoms with Crippen molar-refractivity contribution in [3.05, 3.63) is 41.4 Å². The van der Waals surface area contributed by atoms with Crippen LogP contribution in [0, 0.1) is 0 Å². The number of imidazole rings is 1. The molecule has 2 aromatic heterocycles. The van der Waals surface area contributed by atoms with Crippen molar-refractivity contribution in [2.45, 2.75) is 30.0 Å². The van der Waals surface area contributed by atoms with Gasteiger partial charge in [0.1, 0.15) is 30.1 Å². The van der Waals surface area contributed by atoms with Gasteiger partial charge < -0.3 is 40.4 Å². The lowest BCUT2D eigenvalue weighted by atomic mass is 9.94. The summed E-state index contributed by atoms with van der Waals surface area (Å²) in [4.78, 5) is 46.4. The zero-order valence-electron chi connectivity index (χ0n) is 19.7. The second kappa shape index (κ2) is 10.6. The van der Waals surface area contributed by atoms with Crippen molar-refractivity contribution in [3.63, 3.8) is 0 Å². The van der Waals surface area contributed by atoms with Crippen molar-refractivity contribution in [1.29, 1.82) is 0 Å². The number of aliphatic carboxylic acids is 3. The molecule has 0 radical (unpaired) electrons. The molecule has 0 spiro atoms. The number of carboxylic acid groups (broad SMARTS) is 3. The maximum Gasteiger partial charge on any atom is 0.348 e. The van der Waals surface area contributed by atoms with Gasteiger partial charge in [-0.3, -0.25) is 4.57 Å². The van der Waals surface area contributed by atoms with Gasteiger partial charge in [0.05, 0.1) is 12.9 Å². The first-order valence-electron chi connectivity index (χ1n) is 11.1. The van der Waals surface area contributed by atoms with Gasteiger partial charge in [0.15, 0.2) is 18.1 Å². The fraction of sp³-hybridized carbons (Fsp3) is 0.364. The number of ether oxygens (including phenoxy) is 3. The van der Waals surface area contributed by atoms with E-state index in [1.165, 1.54) is 24.3 Å². The van der Waals surface area contributed by atoms with E-state index in [1.54, 1.807) is 0 Å².